The maximum atomic E-state index is 12.5. The number of halogens is 1. The van der Waals surface area contributed by atoms with Crippen LogP contribution in [0.5, 0.6) is 0 Å². The van der Waals surface area contributed by atoms with E-state index in [4.69, 9.17) is 22.3 Å². The van der Waals surface area contributed by atoms with E-state index in [0.29, 0.717) is 29.1 Å². The molecule has 1 aromatic heterocycles. The van der Waals surface area contributed by atoms with Crippen LogP contribution in [-0.4, -0.2) is 33.8 Å². The number of nitriles is 1. The lowest BCUT2D eigenvalue weighted by Crippen LogP contribution is -2.33. The van der Waals surface area contributed by atoms with Crippen molar-refractivity contribution in [3.63, 3.8) is 0 Å². The molecule has 0 radical (unpaired) electrons. The van der Waals surface area contributed by atoms with Crippen LogP contribution < -0.4 is 10.6 Å². The van der Waals surface area contributed by atoms with E-state index in [0.717, 1.165) is 36.2 Å². The predicted octanol–water partition coefficient (Wildman–Crippen LogP) is 5.22. The molecule has 2 aromatic carbocycles. The summed E-state index contributed by atoms with van der Waals surface area (Å²) in [6.45, 7) is 6.25. The number of hydrogen-bond acceptors (Lipinski definition) is 5. The van der Waals surface area contributed by atoms with E-state index in [1.165, 1.54) is 0 Å². The fraction of sp³-hybridized carbons (Fsp3) is 0.286. The lowest BCUT2D eigenvalue weighted by Gasteiger charge is -2.11. The van der Waals surface area contributed by atoms with Crippen molar-refractivity contribution in [3.8, 4) is 6.07 Å². The summed E-state index contributed by atoms with van der Waals surface area (Å²) in [7, 11) is 0. The maximum Gasteiger partial charge on any atom is 0.252 e. The number of hydrogen-bond donors (Lipinski definition) is 3. The van der Waals surface area contributed by atoms with Crippen molar-refractivity contribution in [3.05, 3.63) is 94.5 Å². The molecule has 3 rings (SSSR count). The molecule has 0 aliphatic heterocycles. The number of aryl methyl sites for hydroxylation is 1. The van der Waals surface area contributed by atoms with Gasteiger partial charge in [0.05, 0.1) is 18.1 Å². The zero-order valence-electron chi connectivity index (χ0n) is 20.6. The Hall–Kier alpha value is -3.73. The molecular weight excluding hydrogens is 472 g/mol. The molecule has 1 atom stereocenters. The first-order valence-corrected chi connectivity index (χ1v) is 12.3. The number of carbonyl (C=O) groups excluding carboxylic acids is 1. The quantitative estimate of drug-likeness (QED) is 0.233. The highest BCUT2D eigenvalue weighted by atomic mass is 35.5. The van der Waals surface area contributed by atoms with Gasteiger partial charge in [-0.15, -0.1) is 0 Å². The Morgan fingerprint density at radius 3 is 2.75 bits per heavy atom. The van der Waals surface area contributed by atoms with Crippen LogP contribution in [0, 0.1) is 16.7 Å². The molecule has 0 saturated carbocycles. The molecule has 0 fully saturated rings. The lowest BCUT2D eigenvalue weighted by atomic mass is 10.00. The summed E-state index contributed by atoms with van der Waals surface area (Å²) in [6, 6.07) is 14.3. The monoisotopic (exact) mass is 502 g/mol. The first kappa shape index (κ1) is 26.9. The second-order valence-corrected chi connectivity index (χ2v) is 8.93. The lowest BCUT2D eigenvalue weighted by molar-refractivity contribution is 0.0944. The molecule has 1 amide bonds. The molecule has 3 N–H and O–H groups in total. The van der Waals surface area contributed by atoms with E-state index >= 15 is 0 Å². The van der Waals surface area contributed by atoms with E-state index in [-0.39, 0.29) is 11.6 Å². The molecule has 186 valence electrons. The summed E-state index contributed by atoms with van der Waals surface area (Å²) in [6.07, 6.45) is 8.84. The fourth-order valence-electron chi connectivity index (χ4n) is 3.64. The summed E-state index contributed by atoms with van der Waals surface area (Å²) in [4.78, 5) is 16.5. The van der Waals surface area contributed by atoms with Crippen molar-refractivity contribution >= 4 is 28.8 Å². The Morgan fingerprint density at radius 2 is 2.06 bits per heavy atom. The van der Waals surface area contributed by atoms with Gasteiger partial charge < -0.3 is 20.6 Å². The molecule has 36 heavy (non-hydrogen) atoms. The SMILES string of the molecule is CCC(C#N)NC(=O)c1cccc(C(=N)/C=C(\C)c2ccc(CNCCCn3ccnc3)c(Cl)c2)c1. The summed E-state index contributed by atoms with van der Waals surface area (Å²) in [5, 5.41) is 24.4. The van der Waals surface area contributed by atoms with Gasteiger partial charge in [-0.3, -0.25) is 4.79 Å². The number of imidazole rings is 1. The average Bonchev–Trinajstić information content (AvgIpc) is 3.41. The van der Waals surface area contributed by atoms with Gasteiger partial charge in [0.15, 0.2) is 0 Å². The van der Waals surface area contributed by atoms with Crippen LogP contribution in [0.3, 0.4) is 0 Å². The van der Waals surface area contributed by atoms with Gasteiger partial charge in [-0.05, 0) is 67.3 Å². The third-order valence-electron chi connectivity index (χ3n) is 5.82. The molecule has 0 aliphatic rings. The molecule has 3 aromatic rings. The van der Waals surface area contributed by atoms with E-state index in [9.17, 15) is 4.79 Å². The van der Waals surface area contributed by atoms with Crippen LogP contribution in [0.2, 0.25) is 5.02 Å². The predicted molar refractivity (Wildman–Crippen MR) is 144 cm³/mol. The Balaban J connectivity index is 1.59. The van der Waals surface area contributed by atoms with Crippen LogP contribution in [0.4, 0.5) is 0 Å². The van der Waals surface area contributed by atoms with Gasteiger partial charge in [-0.2, -0.15) is 5.26 Å². The fourth-order valence-corrected chi connectivity index (χ4v) is 3.89. The third-order valence-corrected chi connectivity index (χ3v) is 6.17. The number of carbonyl (C=O) groups is 1. The van der Waals surface area contributed by atoms with Gasteiger partial charge in [-0.1, -0.05) is 42.8 Å². The largest absolute Gasteiger partial charge is 0.337 e. The number of amides is 1. The molecule has 0 spiro atoms. The number of benzene rings is 2. The summed E-state index contributed by atoms with van der Waals surface area (Å²) >= 11 is 6.54. The van der Waals surface area contributed by atoms with E-state index in [2.05, 4.69) is 26.3 Å². The minimum atomic E-state index is -0.534. The molecule has 7 nitrogen and oxygen atoms in total. The number of nitrogens with one attached hydrogen (secondary N) is 3. The van der Waals surface area contributed by atoms with E-state index in [1.54, 1.807) is 36.5 Å². The summed E-state index contributed by atoms with van der Waals surface area (Å²) in [5.74, 6) is -0.323. The van der Waals surface area contributed by atoms with Gasteiger partial charge in [0.25, 0.3) is 5.91 Å². The Labute approximate surface area is 217 Å². The highest BCUT2D eigenvalue weighted by molar-refractivity contribution is 6.31. The van der Waals surface area contributed by atoms with Crippen LogP contribution in [0.15, 0.2) is 67.3 Å². The second-order valence-electron chi connectivity index (χ2n) is 8.52. The zero-order valence-corrected chi connectivity index (χ0v) is 21.3. The molecule has 0 saturated heterocycles. The second kappa shape index (κ2) is 13.4. The standard InChI is InChI=1S/C28H31ClN6O/c1-3-25(17-30)34-28(36)23-7-4-6-22(15-23)27(31)14-20(2)21-8-9-24(26(29)16-21)18-32-10-5-12-35-13-11-33-19-35/h4,6-9,11,13-16,19,25,31-32H,3,5,10,12,18H2,1-2H3,(H,34,36)/b20-14+,31-27?. The first-order valence-electron chi connectivity index (χ1n) is 11.9. The van der Waals surface area contributed by atoms with Crippen molar-refractivity contribution in [2.24, 2.45) is 0 Å². The third kappa shape index (κ3) is 7.64. The van der Waals surface area contributed by atoms with Gasteiger partial charge in [0, 0.05) is 41.6 Å². The molecule has 8 heteroatoms. The number of nitrogens with zero attached hydrogens (tertiary/aromatic N) is 3. The first-order chi connectivity index (χ1) is 17.4. The number of aromatic nitrogens is 2. The summed E-state index contributed by atoms with van der Waals surface area (Å²) in [5.41, 5.74) is 4.17. The molecule has 0 aliphatic carbocycles. The molecule has 1 unspecified atom stereocenters. The Kier molecular flexibility index (Phi) is 9.99. The van der Waals surface area contributed by atoms with Gasteiger partial charge in [0.1, 0.15) is 6.04 Å². The summed E-state index contributed by atoms with van der Waals surface area (Å²) < 4.78 is 2.05. The maximum absolute atomic E-state index is 12.5. The molecule has 0 bridgehead atoms. The Bertz CT molecular complexity index is 1260. The van der Waals surface area contributed by atoms with Crippen LogP contribution in [-0.2, 0) is 13.1 Å². The van der Waals surface area contributed by atoms with E-state index in [1.807, 2.05) is 44.6 Å². The van der Waals surface area contributed by atoms with Crippen molar-refractivity contribution < 1.29 is 4.79 Å². The van der Waals surface area contributed by atoms with Gasteiger partial charge in [0.2, 0.25) is 0 Å². The molecular formula is C28H31ClN6O. The van der Waals surface area contributed by atoms with Crippen molar-refractivity contribution in [1.82, 2.24) is 20.2 Å². The average molecular weight is 503 g/mol. The van der Waals surface area contributed by atoms with Crippen LogP contribution in [0.1, 0.15) is 53.7 Å². The minimum Gasteiger partial charge on any atom is -0.337 e. The van der Waals surface area contributed by atoms with Crippen molar-refractivity contribution in [2.75, 3.05) is 6.54 Å². The number of rotatable bonds is 12. The normalized spacial score (nSPS) is 12.1. The Morgan fingerprint density at radius 1 is 1.25 bits per heavy atom. The van der Waals surface area contributed by atoms with Crippen molar-refractivity contribution in [1.29, 1.82) is 10.7 Å². The minimum absolute atomic E-state index is 0.286. The highest BCUT2D eigenvalue weighted by Gasteiger charge is 2.12. The highest BCUT2D eigenvalue weighted by Crippen LogP contribution is 2.23. The zero-order chi connectivity index (χ0) is 25.9. The topological polar surface area (TPSA) is 107 Å². The van der Waals surface area contributed by atoms with Gasteiger partial charge in [-0.25, -0.2) is 4.98 Å². The van der Waals surface area contributed by atoms with E-state index < -0.39 is 6.04 Å². The van der Waals surface area contributed by atoms with Crippen molar-refractivity contribution in [2.45, 2.75) is 45.8 Å². The smallest absolute Gasteiger partial charge is 0.252 e. The van der Waals surface area contributed by atoms with Gasteiger partial charge >= 0.3 is 0 Å². The van der Waals surface area contributed by atoms with Crippen LogP contribution in [0.25, 0.3) is 5.57 Å². The number of allylic oxidation sites excluding steroid dienone is 2. The molecule has 1 heterocycles. The van der Waals surface area contributed by atoms with Crippen LogP contribution >= 0.6 is 11.6 Å².